The second-order valence-corrected chi connectivity index (χ2v) is 5.42. The highest BCUT2D eigenvalue weighted by atomic mass is 31.2. The Morgan fingerprint density at radius 2 is 2.20 bits per heavy atom. The number of hydrogen-bond donors (Lipinski definition) is 2. The minimum atomic E-state index is -3.75. The molecule has 2 unspecified atom stereocenters. The van der Waals surface area contributed by atoms with Crippen molar-refractivity contribution >= 4 is 7.60 Å². The largest absolute Gasteiger partial charge is 0.331 e. The van der Waals surface area contributed by atoms with E-state index in [0.29, 0.717) is 5.92 Å². The predicted molar refractivity (Wildman–Crippen MR) is 36.7 cm³/mol. The van der Waals surface area contributed by atoms with Crippen molar-refractivity contribution in [1.29, 1.82) is 0 Å². The lowest BCUT2D eigenvalue weighted by Gasteiger charge is -2.12. The van der Waals surface area contributed by atoms with Gasteiger partial charge in [0.1, 0.15) is 0 Å². The Labute approximate surface area is 59.6 Å². The molecule has 0 saturated heterocycles. The van der Waals surface area contributed by atoms with Crippen LogP contribution in [0.25, 0.3) is 0 Å². The molecule has 0 amide bonds. The van der Waals surface area contributed by atoms with E-state index in [1.807, 2.05) is 0 Å². The summed E-state index contributed by atoms with van der Waals surface area (Å²) >= 11 is 0. The number of rotatable bonds is 1. The van der Waals surface area contributed by atoms with Gasteiger partial charge < -0.3 is 9.79 Å². The van der Waals surface area contributed by atoms with Crippen LogP contribution in [-0.2, 0) is 4.57 Å². The second-order valence-electron chi connectivity index (χ2n) is 3.44. The van der Waals surface area contributed by atoms with Gasteiger partial charge in [-0.05, 0) is 25.2 Å². The highest BCUT2D eigenvalue weighted by Crippen LogP contribution is 2.75. The lowest BCUT2D eigenvalue weighted by Crippen LogP contribution is -2.06. The van der Waals surface area contributed by atoms with Crippen molar-refractivity contribution in [1.82, 2.24) is 0 Å². The molecule has 2 saturated carbocycles. The van der Waals surface area contributed by atoms with Crippen molar-refractivity contribution in [3.05, 3.63) is 0 Å². The zero-order chi connectivity index (χ0) is 7.41. The fraction of sp³-hybridized carbons (Fsp3) is 1.00. The quantitative estimate of drug-likeness (QED) is 0.568. The summed E-state index contributed by atoms with van der Waals surface area (Å²) in [5.41, 5.74) is 0. The van der Waals surface area contributed by atoms with E-state index in [1.165, 1.54) is 0 Å². The van der Waals surface area contributed by atoms with E-state index in [-0.39, 0.29) is 0 Å². The lowest BCUT2D eigenvalue weighted by atomic mass is 10.3. The minimum Gasteiger partial charge on any atom is -0.324 e. The molecule has 4 heteroatoms. The molecule has 2 N–H and O–H groups in total. The minimum absolute atomic E-state index is 0.355. The van der Waals surface area contributed by atoms with Crippen molar-refractivity contribution in [2.45, 2.75) is 30.8 Å². The Hall–Kier alpha value is 0.150. The summed E-state index contributed by atoms with van der Waals surface area (Å²) in [4.78, 5) is 17.9. The smallest absolute Gasteiger partial charge is 0.324 e. The Morgan fingerprint density at radius 3 is 2.40 bits per heavy atom. The van der Waals surface area contributed by atoms with Gasteiger partial charge in [0.05, 0.1) is 5.16 Å². The summed E-state index contributed by atoms with van der Waals surface area (Å²) in [6.07, 6.45) is 3.57. The Balaban J connectivity index is 2.26. The maximum absolute atomic E-state index is 10.9. The molecule has 0 heterocycles. The van der Waals surface area contributed by atoms with Crippen LogP contribution in [0.2, 0.25) is 0 Å². The molecule has 0 bridgehead atoms. The van der Waals surface area contributed by atoms with Crippen LogP contribution in [-0.4, -0.2) is 14.9 Å². The molecule has 2 aliphatic rings. The van der Waals surface area contributed by atoms with E-state index in [0.717, 1.165) is 25.7 Å². The summed E-state index contributed by atoms with van der Waals surface area (Å²) in [7, 11) is -3.75. The maximum Gasteiger partial charge on any atom is 0.331 e. The van der Waals surface area contributed by atoms with Gasteiger partial charge in [-0.2, -0.15) is 0 Å². The van der Waals surface area contributed by atoms with E-state index in [9.17, 15) is 4.57 Å². The first-order valence-electron chi connectivity index (χ1n) is 3.62. The van der Waals surface area contributed by atoms with Crippen LogP contribution in [0.3, 0.4) is 0 Å². The fourth-order valence-corrected chi connectivity index (χ4v) is 3.71. The van der Waals surface area contributed by atoms with Crippen molar-refractivity contribution in [3.63, 3.8) is 0 Å². The van der Waals surface area contributed by atoms with Crippen LogP contribution in [0.4, 0.5) is 0 Å². The highest BCUT2D eigenvalue weighted by Gasteiger charge is 2.67. The molecule has 0 aromatic carbocycles. The summed E-state index contributed by atoms with van der Waals surface area (Å²) in [6.45, 7) is 0. The first kappa shape index (κ1) is 6.84. The molecule has 0 aromatic heterocycles. The SMILES string of the molecule is O=P(O)(O)C12CCCC1C2. The third-order valence-electron chi connectivity index (χ3n) is 2.94. The van der Waals surface area contributed by atoms with Gasteiger partial charge in [0.15, 0.2) is 0 Å². The van der Waals surface area contributed by atoms with Gasteiger partial charge in [-0.3, -0.25) is 4.57 Å². The van der Waals surface area contributed by atoms with Crippen molar-refractivity contribution in [2.24, 2.45) is 5.92 Å². The molecular formula is C6H11O3P. The molecule has 2 fully saturated rings. The molecule has 10 heavy (non-hydrogen) atoms. The second kappa shape index (κ2) is 1.66. The topological polar surface area (TPSA) is 57.5 Å². The van der Waals surface area contributed by atoms with E-state index < -0.39 is 12.8 Å². The molecular weight excluding hydrogens is 151 g/mol. The molecule has 2 rings (SSSR count). The first-order chi connectivity index (χ1) is 4.56. The zero-order valence-electron chi connectivity index (χ0n) is 5.66. The lowest BCUT2D eigenvalue weighted by molar-refractivity contribution is 0.351. The van der Waals surface area contributed by atoms with Crippen LogP contribution in [0, 0.1) is 5.92 Å². The highest BCUT2D eigenvalue weighted by molar-refractivity contribution is 7.54. The molecule has 58 valence electrons. The number of fused-ring (bicyclic) bond motifs is 1. The van der Waals surface area contributed by atoms with Crippen LogP contribution >= 0.6 is 7.60 Å². The first-order valence-corrected chi connectivity index (χ1v) is 5.23. The van der Waals surface area contributed by atoms with Crippen LogP contribution in [0.5, 0.6) is 0 Å². The molecule has 0 aromatic rings. The Kier molecular flexibility index (Phi) is 1.13. The number of hydrogen-bond acceptors (Lipinski definition) is 1. The van der Waals surface area contributed by atoms with Crippen LogP contribution in [0.15, 0.2) is 0 Å². The summed E-state index contributed by atoms with van der Waals surface area (Å²) in [5, 5.41) is -0.535. The van der Waals surface area contributed by atoms with E-state index >= 15 is 0 Å². The molecule has 0 radical (unpaired) electrons. The van der Waals surface area contributed by atoms with Gasteiger partial charge in [0.25, 0.3) is 0 Å². The summed E-state index contributed by atoms with van der Waals surface area (Å²) in [6, 6.07) is 0. The Bertz CT molecular complexity index is 209. The normalized spacial score (nSPS) is 45.2. The standard InChI is InChI=1S/C6H11O3P/c7-10(8,9)6-3-1-2-5(6)4-6/h5H,1-4H2,(H2,7,8,9). The summed E-state index contributed by atoms with van der Waals surface area (Å²) in [5.74, 6) is 0.355. The van der Waals surface area contributed by atoms with Crippen LogP contribution in [0.1, 0.15) is 25.7 Å². The van der Waals surface area contributed by atoms with Crippen molar-refractivity contribution in [2.75, 3.05) is 0 Å². The van der Waals surface area contributed by atoms with Gasteiger partial charge in [-0.25, -0.2) is 0 Å². The van der Waals surface area contributed by atoms with Gasteiger partial charge in [-0.15, -0.1) is 0 Å². The maximum atomic E-state index is 10.9. The zero-order valence-corrected chi connectivity index (χ0v) is 6.55. The van der Waals surface area contributed by atoms with Gasteiger partial charge in [0, 0.05) is 0 Å². The monoisotopic (exact) mass is 162 g/mol. The van der Waals surface area contributed by atoms with Gasteiger partial charge in [-0.1, -0.05) is 6.42 Å². The molecule has 2 aliphatic carbocycles. The van der Waals surface area contributed by atoms with Gasteiger partial charge >= 0.3 is 7.60 Å². The molecule has 0 spiro atoms. The average molecular weight is 162 g/mol. The van der Waals surface area contributed by atoms with Crippen molar-refractivity contribution in [3.8, 4) is 0 Å². The third-order valence-corrected chi connectivity index (χ3v) is 4.87. The predicted octanol–water partition coefficient (Wildman–Crippen LogP) is 1.11. The van der Waals surface area contributed by atoms with Crippen molar-refractivity contribution < 1.29 is 14.4 Å². The average Bonchev–Trinajstić information content (AvgIpc) is 2.36. The third kappa shape index (κ3) is 0.659. The fourth-order valence-electron chi connectivity index (χ4n) is 2.20. The summed E-state index contributed by atoms with van der Waals surface area (Å²) < 4.78 is 10.9. The van der Waals surface area contributed by atoms with E-state index in [1.54, 1.807) is 0 Å². The van der Waals surface area contributed by atoms with E-state index in [4.69, 9.17) is 9.79 Å². The molecule has 0 aliphatic heterocycles. The Morgan fingerprint density at radius 1 is 1.50 bits per heavy atom. The molecule has 3 nitrogen and oxygen atoms in total. The van der Waals surface area contributed by atoms with Crippen LogP contribution < -0.4 is 0 Å². The van der Waals surface area contributed by atoms with E-state index in [2.05, 4.69) is 0 Å². The van der Waals surface area contributed by atoms with Gasteiger partial charge in [0.2, 0.25) is 0 Å². The molecule has 2 atom stereocenters.